The number of hydrogen-bond acceptors (Lipinski definition) is 0. The lowest BCUT2D eigenvalue weighted by atomic mass is 10.1. The molecule has 0 amide bonds. The molecule has 0 atom stereocenters. The predicted molar refractivity (Wildman–Crippen MR) is 93.5 cm³/mol. The second-order valence-electron chi connectivity index (χ2n) is 6.76. The minimum absolute atomic E-state index is 1.18. The molecule has 1 aliphatic carbocycles. The first kappa shape index (κ1) is 15.3. The molecule has 1 aromatic rings. The van der Waals surface area contributed by atoms with Crippen LogP contribution in [0.5, 0.6) is 0 Å². The van der Waals surface area contributed by atoms with Gasteiger partial charge in [-0.25, -0.2) is 0 Å². The fraction of sp³-hybridized carbons (Fsp3) is 0.474. The molecule has 0 nitrogen and oxygen atoms in total. The summed E-state index contributed by atoms with van der Waals surface area (Å²) in [7, 11) is -1.54. The Kier molecular flexibility index (Phi) is 4.39. The molecule has 1 heteroatoms. The Labute approximate surface area is 125 Å². The van der Waals surface area contributed by atoms with Crippen molar-refractivity contribution in [1.82, 2.24) is 0 Å². The summed E-state index contributed by atoms with van der Waals surface area (Å²) in [5.74, 6) is 0. The van der Waals surface area contributed by atoms with Gasteiger partial charge >= 0.3 is 0 Å². The molecule has 0 aromatic heterocycles. The van der Waals surface area contributed by atoms with Crippen LogP contribution in [0, 0.1) is 20.8 Å². The monoisotopic (exact) mass is 284 g/mol. The topological polar surface area (TPSA) is 0 Å². The number of allylic oxidation sites excluding steroid dienone is 4. The van der Waals surface area contributed by atoms with Crippen molar-refractivity contribution in [1.29, 1.82) is 0 Å². The lowest BCUT2D eigenvalue weighted by Crippen LogP contribution is -2.47. The summed E-state index contributed by atoms with van der Waals surface area (Å²) in [6.45, 7) is 14.2. The maximum absolute atomic E-state index is 2.54. The molecule has 0 radical (unpaired) electrons. The number of rotatable bonds is 4. The fourth-order valence-electron chi connectivity index (χ4n) is 4.03. The van der Waals surface area contributed by atoms with Gasteiger partial charge in [-0.3, -0.25) is 0 Å². The van der Waals surface area contributed by atoms with Gasteiger partial charge in [0.2, 0.25) is 0 Å². The zero-order chi connectivity index (χ0) is 14.9. The van der Waals surface area contributed by atoms with E-state index in [1.165, 1.54) is 36.0 Å². The van der Waals surface area contributed by atoms with Crippen molar-refractivity contribution in [2.75, 3.05) is 0 Å². The summed E-state index contributed by atoms with van der Waals surface area (Å²) in [4.78, 5) is 0. The van der Waals surface area contributed by atoms with Gasteiger partial charge in [0.15, 0.2) is 0 Å². The summed E-state index contributed by atoms with van der Waals surface area (Å²) in [5.41, 5.74) is 6.01. The molecule has 0 bridgehead atoms. The largest absolute Gasteiger partial charge is 0.109 e. The highest BCUT2D eigenvalue weighted by molar-refractivity contribution is 6.96. The standard InChI is InChI=1S/C19H28Si/c1-7-9-17-10-8-11-18(17)20(5,6)19-15(3)12-14(2)13-16(19)4/h8,10,12-13H,7,9,11H2,1-6H3. The van der Waals surface area contributed by atoms with Crippen LogP contribution in [0.3, 0.4) is 0 Å². The molecule has 0 N–H and O–H groups in total. The van der Waals surface area contributed by atoms with E-state index in [-0.39, 0.29) is 0 Å². The second kappa shape index (κ2) is 5.73. The minimum atomic E-state index is -1.54. The third kappa shape index (κ3) is 2.69. The van der Waals surface area contributed by atoms with Crippen LogP contribution in [-0.4, -0.2) is 8.07 Å². The van der Waals surface area contributed by atoms with Crippen LogP contribution in [0.4, 0.5) is 0 Å². The third-order valence-corrected chi connectivity index (χ3v) is 8.68. The van der Waals surface area contributed by atoms with Crippen molar-refractivity contribution in [3.8, 4) is 0 Å². The van der Waals surface area contributed by atoms with E-state index in [2.05, 4.69) is 65.1 Å². The summed E-state index contributed by atoms with van der Waals surface area (Å²) < 4.78 is 0. The zero-order valence-electron chi connectivity index (χ0n) is 13.9. The van der Waals surface area contributed by atoms with E-state index in [0.29, 0.717) is 0 Å². The smallest absolute Gasteiger partial charge is 0.0806 e. The van der Waals surface area contributed by atoms with Gasteiger partial charge in [0.1, 0.15) is 8.07 Å². The van der Waals surface area contributed by atoms with Crippen LogP contribution >= 0.6 is 0 Å². The highest BCUT2D eigenvalue weighted by atomic mass is 28.3. The molecule has 0 heterocycles. The summed E-state index contributed by atoms with van der Waals surface area (Å²) in [6.07, 6.45) is 8.42. The molecular weight excluding hydrogens is 256 g/mol. The van der Waals surface area contributed by atoms with Crippen molar-refractivity contribution in [3.63, 3.8) is 0 Å². The summed E-state index contributed by atoms with van der Waals surface area (Å²) in [5, 5.41) is 3.42. The summed E-state index contributed by atoms with van der Waals surface area (Å²) in [6, 6.07) is 4.72. The van der Waals surface area contributed by atoms with Crippen LogP contribution in [0.25, 0.3) is 0 Å². The van der Waals surface area contributed by atoms with Crippen molar-refractivity contribution < 1.29 is 0 Å². The third-order valence-electron chi connectivity index (χ3n) is 4.60. The lowest BCUT2D eigenvalue weighted by Gasteiger charge is -2.30. The molecule has 0 spiro atoms. The molecule has 1 aromatic carbocycles. The first-order chi connectivity index (χ1) is 9.37. The van der Waals surface area contributed by atoms with Gasteiger partial charge < -0.3 is 0 Å². The lowest BCUT2D eigenvalue weighted by molar-refractivity contribution is 0.923. The average molecular weight is 285 g/mol. The van der Waals surface area contributed by atoms with Crippen molar-refractivity contribution in [2.24, 2.45) is 0 Å². The van der Waals surface area contributed by atoms with Crippen LogP contribution < -0.4 is 5.19 Å². The number of hydrogen-bond donors (Lipinski definition) is 0. The molecule has 108 valence electrons. The Bertz CT molecular complexity index is 550. The quantitative estimate of drug-likeness (QED) is 0.673. The van der Waals surface area contributed by atoms with Crippen molar-refractivity contribution in [2.45, 2.75) is 60.1 Å². The van der Waals surface area contributed by atoms with Gasteiger partial charge in [-0.05, 0) is 38.8 Å². The van der Waals surface area contributed by atoms with Crippen molar-refractivity contribution in [3.05, 3.63) is 51.7 Å². The Balaban J connectivity index is 2.53. The van der Waals surface area contributed by atoms with Gasteiger partial charge in [-0.15, -0.1) is 0 Å². The van der Waals surface area contributed by atoms with Gasteiger partial charge in [-0.1, -0.05) is 78.2 Å². The van der Waals surface area contributed by atoms with E-state index in [1.807, 2.05) is 0 Å². The highest BCUT2D eigenvalue weighted by Gasteiger charge is 2.33. The first-order valence-electron chi connectivity index (χ1n) is 7.85. The molecule has 2 rings (SSSR count). The van der Waals surface area contributed by atoms with Gasteiger partial charge in [0.25, 0.3) is 0 Å². The molecule has 0 saturated carbocycles. The van der Waals surface area contributed by atoms with E-state index in [9.17, 15) is 0 Å². The van der Waals surface area contributed by atoms with Gasteiger partial charge in [-0.2, -0.15) is 0 Å². The Morgan fingerprint density at radius 1 is 1.05 bits per heavy atom. The Morgan fingerprint density at radius 2 is 1.65 bits per heavy atom. The first-order valence-corrected chi connectivity index (χ1v) is 10.8. The Hall–Kier alpha value is -1.08. The van der Waals surface area contributed by atoms with Crippen molar-refractivity contribution >= 4 is 13.3 Å². The van der Waals surface area contributed by atoms with E-state index >= 15 is 0 Å². The molecule has 1 aliphatic rings. The normalized spacial score (nSPS) is 15.3. The number of benzene rings is 1. The molecule has 0 unspecified atom stereocenters. The molecule has 0 fully saturated rings. The molecule has 0 aliphatic heterocycles. The van der Waals surface area contributed by atoms with Crippen LogP contribution in [0.1, 0.15) is 42.9 Å². The Morgan fingerprint density at radius 3 is 2.20 bits per heavy atom. The maximum Gasteiger partial charge on any atom is 0.109 e. The molecule has 0 saturated heterocycles. The highest BCUT2D eigenvalue weighted by Crippen LogP contribution is 2.32. The van der Waals surface area contributed by atoms with E-state index in [4.69, 9.17) is 0 Å². The second-order valence-corrected chi connectivity index (χ2v) is 11.1. The van der Waals surface area contributed by atoms with Crippen LogP contribution in [-0.2, 0) is 0 Å². The fourth-order valence-corrected chi connectivity index (χ4v) is 8.08. The number of aryl methyl sites for hydroxylation is 3. The minimum Gasteiger partial charge on any atom is -0.0806 e. The average Bonchev–Trinajstić information content (AvgIpc) is 2.76. The SMILES string of the molecule is CCCC1=C([Si](C)(C)c2c(C)cc(C)cc2C)CC=C1. The van der Waals surface area contributed by atoms with E-state index in [1.54, 1.807) is 16.0 Å². The molecular formula is C19H28Si. The molecule has 20 heavy (non-hydrogen) atoms. The maximum atomic E-state index is 2.54. The van der Waals surface area contributed by atoms with Crippen LogP contribution in [0.2, 0.25) is 13.1 Å². The van der Waals surface area contributed by atoms with E-state index in [0.717, 1.165) is 0 Å². The van der Waals surface area contributed by atoms with E-state index < -0.39 is 8.07 Å². The van der Waals surface area contributed by atoms with Gasteiger partial charge in [0.05, 0.1) is 0 Å². The van der Waals surface area contributed by atoms with Gasteiger partial charge in [0, 0.05) is 0 Å². The van der Waals surface area contributed by atoms with Crippen LogP contribution in [0.15, 0.2) is 35.1 Å². The summed E-state index contributed by atoms with van der Waals surface area (Å²) >= 11 is 0. The predicted octanol–water partition coefficient (Wildman–Crippen LogP) is 5.12. The zero-order valence-corrected chi connectivity index (χ0v) is 14.9.